The Morgan fingerprint density at radius 3 is 2.50 bits per heavy atom. The van der Waals surface area contributed by atoms with Crippen molar-refractivity contribution in [1.82, 2.24) is 10.6 Å². The van der Waals surface area contributed by atoms with Crippen LogP contribution in [0.15, 0.2) is 18.2 Å². The van der Waals surface area contributed by atoms with Gasteiger partial charge in [0.15, 0.2) is 0 Å². The number of nitrogens with one attached hydrogen (secondary N) is 2. The van der Waals surface area contributed by atoms with Gasteiger partial charge in [-0.15, -0.1) is 0 Å². The highest BCUT2D eigenvalue weighted by Gasteiger charge is 2.07. The summed E-state index contributed by atoms with van der Waals surface area (Å²) in [4.78, 5) is 0. The van der Waals surface area contributed by atoms with Gasteiger partial charge < -0.3 is 10.6 Å². The van der Waals surface area contributed by atoms with E-state index in [1.165, 1.54) is 0 Å². The Hall–Kier alpha value is -0.280. The van der Waals surface area contributed by atoms with Crippen molar-refractivity contribution >= 4 is 23.2 Å². The molecule has 18 heavy (non-hydrogen) atoms. The highest BCUT2D eigenvalue weighted by atomic mass is 35.5. The molecule has 0 saturated heterocycles. The van der Waals surface area contributed by atoms with Crippen LogP contribution in [0.5, 0.6) is 0 Å². The normalized spacial score (nSPS) is 11.8. The van der Waals surface area contributed by atoms with Gasteiger partial charge in [-0.2, -0.15) is 0 Å². The van der Waals surface area contributed by atoms with E-state index in [0.717, 1.165) is 31.6 Å². The molecule has 0 aromatic heterocycles. The summed E-state index contributed by atoms with van der Waals surface area (Å²) in [7, 11) is 0. The molecule has 1 aromatic carbocycles. The molecule has 1 rings (SSSR count). The maximum atomic E-state index is 6.11. The highest BCUT2D eigenvalue weighted by molar-refractivity contribution is 6.42. The summed E-state index contributed by atoms with van der Waals surface area (Å²) in [6.07, 6.45) is 1.09. The number of benzene rings is 1. The summed E-state index contributed by atoms with van der Waals surface area (Å²) < 4.78 is 0. The summed E-state index contributed by atoms with van der Waals surface area (Å²) in [5, 5.41) is 8.10. The number of rotatable bonds is 6. The zero-order valence-corrected chi connectivity index (χ0v) is 12.8. The molecule has 0 fully saturated rings. The summed E-state index contributed by atoms with van der Waals surface area (Å²) >= 11 is 12.1. The maximum Gasteiger partial charge on any atom is 0.0637 e. The van der Waals surface area contributed by atoms with Crippen molar-refractivity contribution in [3.63, 3.8) is 0 Å². The van der Waals surface area contributed by atoms with Crippen LogP contribution in [0.1, 0.15) is 32.8 Å². The molecule has 0 aliphatic carbocycles. The average Bonchev–Trinajstić information content (AvgIpc) is 2.27. The molecule has 2 nitrogen and oxygen atoms in total. The summed E-state index contributed by atoms with van der Waals surface area (Å²) in [5.41, 5.74) is 1.24. The Kier molecular flexibility index (Phi) is 6.44. The van der Waals surface area contributed by atoms with E-state index in [4.69, 9.17) is 23.2 Å². The lowest BCUT2D eigenvalue weighted by molar-refractivity contribution is 0.418. The molecular weight excluding hydrogens is 267 g/mol. The fourth-order valence-electron chi connectivity index (χ4n) is 1.58. The van der Waals surface area contributed by atoms with Gasteiger partial charge in [0.05, 0.1) is 10.0 Å². The predicted octanol–water partition coefficient (Wildman–Crippen LogP) is 3.86. The number of halogens is 2. The first-order chi connectivity index (χ1) is 8.40. The minimum atomic E-state index is 0.191. The molecule has 0 radical (unpaired) electrons. The van der Waals surface area contributed by atoms with Gasteiger partial charge in [-0.25, -0.2) is 0 Å². The Bertz CT molecular complexity index is 373. The van der Waals surface area contributed by atoms with Gasteiger partial charge in [0.2, 0.25) is 0 Å². The van der Waals surface area contributed by atoms with Crippen LogP contribution in [0, 0.1) is 0 Å². The van der Waals surface area contributed by atoms with Crippen molar-refractivity contribution in [1.29, 1.82) is 0 Å². The van der Waals surface area contributed by atoms with Crippen molar-refractivity contribution < 1.29 is 0 Å². The van der Waals surface area contributed by atoms with E-state index in [1.54, 1.807) is 6.07 Å². The second-order valence-electron chi connectivity index (χ2n) is 5.42. The first-order valence-corrected chi connectivity index (χ1v) is 7.04. The third-order valence-corrected chi connectivity index (χ3v) is 3.39. The standard InChI is InChI=1S/C14H22Cl2N2/c1-14(2,3)18-9-5-8-17-10-11-6-4-7-12(15)13(11)16/h4,6-7,17-18H,5,8-10H2,1-3H3. The Morgan fingerprint density at radius 2 is 1.83 bits per heavy atom. The van der Waals surface area contributed by atoms with E-state index in [-0.39, 0.29) is 5.54 Å². The number of hydrogen-bond donors (Lipinski definition) is 2. The van der Waals surface area contributed by atoms with Crippen molar-refractivity contribution in [2.75, 3.05) is 13.1 Å². The van der Waals surface area contributed by atoms with Gasteiger partial charge in [0, 0.05) is 12.1 Å². The zero-order chi connectivity index (χ0) is 13.6. The van der Waals surface area contributed by atoms with Crippen molar-refractivity contribution in [2.45, 2.75) is 39.3 Å². The van der Waals surface area contributed by atoms with E-state index in [1.807, 2.05) is 12.1 Å². The monoisotopic (exact) mass is 288 g/mol. The predicted molar refractivity (Wildman–Crippen MR) is 80.5 cm³/mol. The van der Waals surface area contributed by atoms with E-state index in [0.29, 0.717) is 10.0 Å². The van der Waals surface area contributed by atoms with Gasteiger partial charge in [-0.1, -0.05) is 35.3 Å². The fourth-order valence-corrected chi connectivity index (χ4v) is 1.97. The molecule has 102 valence electrons. The van der Waals surface area contributed by atoms with Crippen LogP contribution in [0.4, 0.5) is 0 Å². The third kappa shape index (κ3) is 6.05. The summed E-state index contributed by atoms with van der Waals surface area (Å²) in [6.45, 7) is 9.26. The van der Waals surface area contributed by atoms with E-state index >= 15 is 0 Å². The summed E-state index contributed by atoms with van der Waals surface area (Å²) in [6, 6.07) is 5.72. The average molecular weight is 289 g/mol. The molecule has 0 bridgehead atoms. The van der Waals surface area contributed by atoms with Crippen LogP contribution in [0.3, 0.4) is 0 Å². The number of hydrogen-bond acceptors (Lipinski definition) is 2. The van der Waals surface area contributed by atoms with E-state index in [9.17, 15) is 0 Å². The molecule has 0 aliphatic heterocycles. The minimum absolute atomic E-state index is 0.191. The van der Waals surface area contributed by atoms with Crippen LogP contribution in [0.25, 0.3) is 0 Å². The lowest BCUT2D eigenvalue weighted by Crippen LogP contribution is -2.37. The molecular formula is C14H22Cl2N2. The van der Waals surface area contributed by atoms with Gasteiger partial charge in [0.25, 0.3) is 0 Å². The third-order valence-electron chi connectivity index (χ3n) is 2.53. The molecule has 4 heteroatoms. The zero-order valence-electron chi connectivity index (χ0n) is 11.3. The largest absolute Gasteiger partial charge is 0.313 e. The fraction of sp³-hybridized carbons (Fsp3) is 0.571. The molecule has 0 heterocycles. The van der Waals surface area contributed by atoms with E-state index in [2.05, 4.69) is 31.4 Å². The lowest BCUT2D eigenvalue weighted by atomic mass is 10.1. The molecule has 0 aliphatic rings. The van der Waals surface area contributed by atoms with Crippen LogP contribution in [-0.4, -0.2) is 18.6 Å². The second-order valence-corrected chi connectivity index (χ2v) is 6.21. The van der Waals surface area contributed by atoms with E-state index < -0.39 is 0 Å². The molecule has 0 unspecified atom stereocenters. The SMILES string of the molecule is CC(C)(C)NCCCNCc1cccc(Cl)c1Cl. The molecule has 0 saturated carbocycles. The van der Waals surface area contributed by atoms with Gasteiger partial charge in [-0.05, 0) is 51.9 Å². The van der Waals surface area contributed by atoms with Crippen molar-refractivity contribution in [3.8, 4) is 0 Å². The first kappa shape index (κ1) is 15.8. The smallest absolute Gasteiger partial charge is 0.0637 e. The van der Waals surface area contributed by atoms with Crippen LogP contribution in [0.2, 0.25) is 10.0 Å². The van der Waals surface area contributed by atoms with Crippen LogP contribution < -0.4 is 10.6 Å². The lowest BCUT2D eigenvalue weighted by Gasteiger charge is -2.20. The van der Waals surface area contributed by atoms with Gasteiger partial charge in [-0.3, -0.25) is 0 Å². The maximum absolute atomic E-state index is 6.11. The van der Waals surface area contributed by atoms with Gasteiger partial charge in [0.1, 0.15) is 0 Å². The highest BCUT2D eigenvalue weighted by Crippen LogP contribution is 2.25. The molecule has 0 atom stereocenters. The van der Waals surface area contributed by atoms with Crippen LogP contribution >= 0.6 is 23.2 Å². The quantitative estimate of drug-likeness (QED) is 0.777. The molecule has 0 amide bonds. The first-order valence-electron chi connectivity index (χ1n) is 6.29. The topological polar surface area (TPSA) is 24.1 Å². The van der Waals surface area contributed by atoms with Crippen molar-refractivity contribution in [2.24, 2.45) is 0 Å². The summed E-state index contributed by atoms with van der Waals surface area (Å²) in [5.74, 6) is 0. The minimum Gasteiger partial charge on any atom is -0.313 e. The van der Waals surface area contributed by atoms with Crippen molar-refractivity contribution in [3.05, 3.63) is 33.8 Å². The molecule has 0 spiro atoms. The Morgan fingerprint density at radius 1 is 1.11 bits per heavy atom. The molecule has 2 N–H and O–H groups in total. The molecule has 1 aromatic rings. The Balaban J connectivity index is 2.20. The van der Waals surface area contributed by atoms with Gasteiger partial charge >= 0.3 is 0 Å². The Labute approximate surface area is 120 Å². The second kappa shape index (κ2) is 7.34. The van der Waals surface area contributed by atoms with Crippen LogP contribution in [-0.2, 0) is 6.54 Å².